The van der Waals surface area contributed by atoms with Gasteiger partial charge in [-0.3, -0.25) is 9.69 Å². The summed E-state index contributed by atoms with van der Waals surface area (Å²) in [6.07, 6.45) is 5.31. The number of amides is 1. The van der Waals surface area contributed by atoms with Crippen molar-refractivity contribution in [2.75, 3.05) is 32.8 Å². The van der Waals surface area contributed by atoms with Crippen molar-refractivity contribution >= 4 is 5.91 Å². The maximum atomic E-state index is 12.1. The lowest BCUT2D eigenvalue weighted by atomic mass is 10.1. The van der Waals surface area contributed by atoms with Crippen LogP contribution in [0.2, 0.25) is 0 Å². The Morgan fingerprint density at radius 3 is 2.78 bits per heavy atom. The first-order chi connectivity index (χ1) is 11.2. The van der Waals surface area contributed by atoms with E-state index in [0.29, 0.717) is 6.61 Å². The van der Waals surface area contributed by atoms with E-state index in [4.69, 9.17) is 4.74 Å². The lowest BCUT2D eigenvalue weighted by molar-refractivity contribution is -0.130. The molecule has 2 rings (SSSR count). The molecule has 1 aromatic rings. The highest BCUT2D eigenvalue weighted by Crippen LogP contribution is 2.12. The number of carbonyl (C=O) groups excluding carboxylic acids is 1. The van der Waals surface area contributed by atoms with Gasteiger partial charge in [-0.2, -0.15) is 0 Å². The Bertz CT molecular complexity index is 501. The molecule has 0 bridgehead atoms. The number of carbonyl (C=O) groups is 1. The highest BCUT2D eigenvalue weighted by Gasteiger charge is 2.25. The van der Waals surface area contributed by atoms with Crippen LogP contribution in [0.25, 0.3) is 0 Å². The van der Waals surface area contributed by atoms with Crippen LogP contribution in [-0.4, -0.2) is 54.5 Å². The Labute approximate surface area is 139 Å². The van der Waals surface area contributed by atoms with E-state index in [9.17, 15) is 4.79 Å². The molecular weight excluding hydrogens is 288 g/mol. The van der Waals surface area contributed by atoms with Crippen molar-refractivity contribution in [3.8, 4) is 0 Å². The van der Waals surface area contributed by atoms with E-state index in [2.05, 4.69) is 42.2 Å². The summed E-state index contributed by atoms with van der Waals surface area (Å²) in [6.45, 7) is 8.41. The molecule has 0 saturated carbocycles. The number of rotatable bonds is 7. The van der Waals surface area contributed by atoms with Gasteiger partial charge in [-0.05, 0) is 38.8 Å². The third-order valence-corrected chi connectivity index (χ3v) is 4.25. The lowest BCUT2D eigenvalue weighted by Gasteiger charge is -2.39. The fourth-order valence-electron chi connectivity index (χ4n) is 3.01. The topological polar surface area (TPSA) is 32.8 Å². The molecule has 0 aromatic heterocycles. The largest absolute Gasteiger partial charge is 0.501 e. The number of ether oxygens (including phenoxy) is 1. The molecule has 1 amide bonds. The molecule has 1 fully saturated rings. The van der Waals surface area contributed by atoms with Gasteiger partial charge in [-0.1, -0.05) is 30.3 Å². The Hall–Kier alpha value is -1.81. The van der Waals surface area contributed by atoms with E-state index in [0.717, 1.165) is 39.0 Å². The average molecular weight is 316 g/mol. The van der Waals surface area contributed by atoms with Crippen LogP contribution in [0.4, 0.5) is 0 Å². The fourth-order valence-corrected chi connectivity index (χ4v) is 3.01. The number of nitrogens with zero attached hydrogens (tertiary/aromatic N) is 2. The Morgan fingerprint density at radius 2 is 2.09 bits per heavy atom. The van der Waals surface area contributed by atoms with Crippen LogP contribution < -0.4 is 0 Å². The Kier molecular flexibility index (Phi) is 7.14. The van der Waals surface area contributed by atoms with Crippen molar-refractivity contribution in [3.05, 3.63) is 48.2 Å². The molecule has 1 aliphatic heterocycles. The van der Waals surface area contributed by atoms with Crippen LogP contribution in [0.1, 0.15) is 25.8 Å². The van der Waals surface area contributed by atoms with Gasteiger partial charge in [0.1, 0.15) is 0 Å². The molecule has 1 saturated heterocycles. The first-order valence-corrected chi connectivity index (χ1v) is 8.55. The first-order valence-electron chi connectivity index (χ1n) is 8.55. The van der Waals surface area contributed by atoms with Crippen LogP contribution >= 0.6 is 0 Å². The van der Waals surface area contributed by atoms with Crippen molar-refractivity contribution in [2.45, 2.75) is 32.7 Å². The summed E-state index contributed by atoms with van der Waals surface area (Å²) in [7, 11) is 0. The smallest absolute Gasteiger partial charge is 0.249 e. The van der Waals surface area contributed by atoms with Gasteiger partial charge in [-0.25, -0.2) is 0 Å². The van der Waals surface area contributed by atoms with E-state index in [1.807, 2.05) is 11.8 Å². The van der Waals surface area contributed by atoms with Gasteiger partial charge in [0.25, 0.3) is 0 Å². The molecule has 4 nitrogen and oxygen atoms in total. The summed E-state index contributed by atoms with van der Waals surface area (Å²) in [5.74, 6) is 0.0508. The van der Waals surface area contributed by atoms with Gasteiger partial charge in [0, 0.05) is 31.8 Å². The minimum Gasteiger partial charge on any atom is -0.501 e. The monoisotopic (exact) mass is 316 g/mol. The zero-order chi connectivity index (χ0) is 16.5. The Morgan fingerprint density at radius 1 is 1.30 bits per heavy atom. The van der Waals surface area contributed by atoms with Crippen LogP contribution in [-0.2, 0) is 16.0 Å². The summed E-state index contributed by atoms with van der Waals surface area (Å²) in [5.41, 5.74) is 1.40. The van der Waals surface area contributed by atoms with Gasteiger partial charge < -0.3 is 9.64 Å². The van der Waals surface area contributed by atoms with Crippen molar-refractivity contribution in [1.82, 2.24) is 9.80 Å². The van der Waals surface area contributed by atoms with Crippen LogP contribution in [0.5, 0.6) is 0 Å². The van der Waals surface area contributed by atoms with Crippen molar-refractivity contribution < 1.29 is 9.53 Å². The van der Waals surface area contributed by atoms with Gasteiger partial charge in [0.15, 0.2) is 0 Å². The van der Waals surface area contributed by atoms with Crippen LogP contribution in [0.3, 0.4) is 0 Å². The van der Waals surface area contributed by atoms with E-state index < -0.39 is 0 Å². The second-order valence-corrected chi connectivity index (χ2v) is 6.03. The number of hydrogen-bond donors (Lipinski definition) is 0. The molecule has 0 N–H and O–H groups in total. The van der Waals surface area contributed by atoms with Gasteiger partial charge >= 0.3 is 0 Å². The third kappa shape index (κ3) is 5.71. The molecule has 0 aliphatic carbocycles. The van der Waals surface area contributed by atoms with Gasteiger partial charge in [0.2, 0.25) is 5.91 Å². The van der Waals surface area contributed by atoms with E-state index in [1.165, 1.54) is 17.9 Å². The summed E-state index contributed by atoms with van der Waals surface area (Å²) in [4.78, 5) is 16.5. The molecule has 126 valence electrons. The van der Waals surface area contributed by atoms with E-state index >= 15 is 0 Å². The maximum Gasteiger partial charge on any atom is 0.249 e. The predicted molar refractivity (Wildman–Crippen MR) is 93.1 cm³/mol. The van der Waals surface area contributed by atoms with Gasteiger partial charge in [0.05, 0.1) is 12.9 Å². The SMILES string of the molecule is CCO/C=C/C(=O)N1CCN(CCCc2ccccc2)CC1C. The maximum absolute atomic E-state index is 12.1. The standard InChI is InChI=1S/C19H28N2O2/c1-3-23-15-11-19(22)21-14-13-20(16-17(21)2)12-7-10-18-8-5-4-6-9-18/h4-6,8-9,11,15,17H,3,7,10,12-14,16H2,1-2H3/b15-11+. The zero-order valence-corrected chi connectivity index (χ0v) is 14.3. The third-order valence-electron chi connectivity index (χ3n) is 4.25. The molecule has 4 heteroatoms. The molecule has 1 heterocycles. The highest BCUT2D eigenvalue weighted by molar-refractivity contribution is 5.87. The summed E-state index contributed by atoms with van der Waals surface area (Å²) in [6, 6.07) is 10.9. The zero-order valence-electron chi connectivity index (χ0n) is 14.3. The summed E-state index contributed by atoms with van der Waals surface area (Å²) in [5, 5.41) is 0. The number of piperazine rings is 1. The van der Waals surface area contributed by atoms with Crippen molar-refractivity contribution in [1.29, 1.82) is 0 Å². The molecule has 1 aromatic carbocycles. The fraction of sp³-hybridized carbons (Fsp3) is 0.526. The predicted octanol–water partition coefficient (Wildman–Crippen LogP) is 2.70. The van der Waals surface area contributed by atoms with E-state index in [-0.39, 0.29) is 11.9 Å². The molecule has 0 radical (unpaired) electrons. The quantitative estimate of drug-likeness (QED) is 0.573. The molecule has 0 spiro atoms. The molecule has 1 unspecified atom stereocenters. The average Bonchev–Trinajstić information content (AvgIpc) is 2.56. The molecular formula is C19H28N2O2. The first kappa shape index (κ1) is 17.5. The molecule has 1 atom stereocenters. The minimum atomic E-state index is 0.0508. The Balaban J connectivity index is 1.72. The normalized spacial score (nSPS) is 19.2. The molecule has 1 aliphatic rings. The highest BCUT2D eigenvalue weighted by atomic mass is 16.5. The lowest BCUT2D eigenvalue weighted by Crippen LogP contribution is -2.53. The second kappa shape index (κ2) is 9.36. The van der Waals surface area contributed by atoms with E-state index in [1.54, 1.807) is 0 Å². The van der Waals surface area contributed by atoms with Crippen molar-refractivity contribution in [2.24, 2.45) is 0 Å². The number of hydrogen-bond acceptors (Lipinski definition) is 3. The van der Waals surface area contributed by atoms with Gasteiger partial charge in [-0.15, -0.1) is 0 Å². The van der Waals surface area contributed by atoms with Crippen LogP contribution in [0, 0.1) is 0 Å². The number of benzene rings is 1. The summed E-state index contributed by atoms with van der Waals surface area (Å²) >= 11 is 0. The number of aryl methyl sites for hydroxylation is 1. The second-order valence-electron chi connectivity index (χ2n) is 6.03. The van der Waals surface area contributed by atoms with Crippen LogP contribution in [0.15, 0.2) is 42.7 Å². The molecule has 23 heavy (non-hydrogen) atoms. The van der Waals surface area contributed by atoms with Crippen molar-refractivity contribution in [3.63, 3.8) is 0 Å². The minimum absolute atomic E-state index is 0.0508. The summed E-state index contributed by atoms with van der Waals surface area (Å²) < 4.78 is 5.11.